The van der Waals surface area contributed by atoms with E-state index in [1.165, 1.54) is 12.1 Å². The first-order valence-corrected chi connectivity index (χ1v) is 6.19. The Morgan fingerprint density at radius 2 is 2.42 bits per heavy atom. The summed E-state index contributed by atoms with van der Waals surface area (Å²) in [4.78, 5) is 12.5. The zero-order chi connectivity index (χ0) is 13.6. The molecule has 2 unspecified atom stereocenters. The SMILES string of the molecule is CN1CCC2(N)Oc3ccc([N+](=O)[O-])cc3[C]C2C1. The van der Waals surface area contributed by atoms with Crippen LogP contribution >= 0.6 is 0 Å². The van der Waals surface area contributed by atoms with E-state index in [0.29, 0.717) is 11.3 Å². The molecule has 0 bridgehead atoms. The third-order valence-electron chi connectivity index (χ3n) is 3.77. The van der Waals surface area contributed by atoms with Crippen LogP contribution in [0.4, 0.5) is 5.69 Å². The fourth-order valence-electron chi connectivity index (χ4n) is 2.61. The highest BCUT2D eigenvalue weighted by Gasteiger charge is 2.45. The summed E-state index contributed by atoms with van der Waals surface area (Å²) in [5.41, 5.74) is 6.23. The number of fused-ring (bicyclic) bond motifs is 2. The lowest BCUT2D eigenvalue weighted by molar-refractivity contribution is -0.384. The van der Waals surface area contributed by atoms with Gasteiger partial charge in [0.25, 0.3) is 5.69 Å². The predicted molar refractivity (Wildman–Crippen MR) is 68.6 cm³/mol. The average Bonchev–Trinajstić information content (AvgIpc) is 2.36. The van der Waals surface area contributed by atoms with Gasteiger partial charge in [0.1, 0.15) is 5.75 Å². The van der Waals surface area contributed by atoms with Gasteiger partial charge in [-0.1, -0.05) is 0 Å². The number of nitro benzene ring substituents is 1. The summed E-state index contributed by atoms with van der Waals surface area (Å²) in [5.74, 6) is 0.509. The first-order chi connectivity index (χ1) is 8.98. The third kappa shape index (κ3) is 2.06. The maximum Gasteiger partial charge on any atom is 0.269 e. The zero-order valence-corrected chi connectivity index (χ0v) is 10.6. The molecule has 1 fully saturated rings. The van der Waals surface area contributed by atoms with Crippen LogP contribution in [0, 0.1) is 22.5 Å². The molecule has 2 N–H and O–H groups in total. The number of non-ortho nitro benzene ring substituents is 1. The number of likely N-dealkylation sites (tertiary alicyclic amines) is 1. The summed E-state index contributed by atoms with van der Waals surface area (Å²) < 4.78 is 5.87. The molecule has 6 nitrogen and oxygen atoms in total. The average molecular weight is 261 g/mol. The van der Waals surface area contributed by atoms with E-state index in [0.717, 1.165) is 19.5 Å². The fourth-order valence-corrected chi connectivity index (χ4v) is 2.61. The second-order valence-electron chi connectivity index (χ2n) is 5.20. The van der Waals surface area contributed by atoms with Crippen LogP contribution in [0.25, 0.3) is 0 Å². The van der Waals surface area contributed by atoms with E-state index in [2.05, 4.69) is 11.3 Å². The number of piperidine rings is 1. The van der Waals surface area contributed by atoms with Crippen LogP contribution in [0.2, 0.25) is 0 Å². The van der Waals surface area contributed by atoms with E-state index in [-0.39, 0.29) is 11.6 Å². The van der Waals surface area contributed by atoms with Gasteiger partial charge in [-0.15, -0.1) is 0 Å². The number of hydrogen-bond acceptors (Lipinski definition) is 5. The Kier molecular flexibility index (Phi) is 2.72. The number of benzene rings is 1. The number of rotatable bonds is 1. The summed E-state index contributed by atoms with van der Waals surface area (Å²) in [6.45, 7) is 1.62. The van der Waals surface area contributed by atoms with Gasteiger partial charge in [-0.25, -0.2) is 0 Å². The van der Waals surface area contributed by atoms with Gasteiger partial charge in [0, 0.05) is 49.5 Å². The van der Waals surface area contributed by atoms with Crippen molar-refractivity contribution in [3.8, 4) is 5.75 Å². The van der Waals surface area contributed by atoms with Crippen molar-refractivity contribution in [2.75, 3.05) is 20.1 Å². The Hall–Kier alpha value is -1.66. The van der Waals surface area contributed by atoms with E-state index in [9.17, 15) is 10.1 Å². The van der Waals surface area contributed by atoms with E-state index in [1.54, 1.807) is 6.07 Å². The van der Waals surface area contributed by atoms with Gasteiger partial charge < -0.3 is 9.64 Å². The number of nitrogens with zero attached hydrogens (tertiary/aromatic N) is 2. The molecule has 1 aromatic carbocycles. The van der Waals surface area contributed by atoms with Crippen molar-refractivity contribution in [3.05, 3.63) is 40.3 Å². The first kappa shape index (κ1) is 12.4. The summed E-state index contributed by atoms with van der Waals surface area (Å²) >= 11 is 0. The van der Waals surface area contributed by atoms with Crippen molar-refractivity contribution in [2.24, 2.45) is 11.7 Å². The molecule has 2 aliphatic heterocycles. The van der Waals surface area contributed by atoms with Crippen LogP contribution in [0.3, 0.4) is 0 Å². The molecule has 2 atom stereocenters. The zero-order valence-electron chi connectivity index (χ0n) is 10.6. The minimum absolute atomic E-state index is 0.0449. The van der Waals surface area contributed by atoms with Gasteiger partial charge in [-0.3, -0.25) is 15.8 Å². The highest BCUT2D eigenvalue weighted by Crippen LogP contribution is 2.41. The summed E-state index contributed by atoms with van der Waals surface area (Å²) in [7, 11) is 2.02. The van der Waals surface area contributed by atoms with E-state index in [1.807, 2.05) is 7.05 Å². The van der Waals surface area contributed by atoms with Crippen LogP contribution in [0.15, 0.2) is 18.2 Å². The number of ether oxygens (including phenoxy) is 1. The van der Waals surface area contributed by atoms with Crippen molar-refractivity contribution in [1.29, 1.82) is 0 Å². The van der Waals surface area contributed by atoms with Crippen molar-refractivity contribution in [1.82, 2.24) is 4.90 Å². The predicted octanol–water partition coefficient (Wildman–Crippen LogP) is 1.02. The highest BCUT2D eigenvalue weighted by atomic mass is 16.6. The molecule has 2 heterocycles. The Morgan fingerprint density at radius 1 is 1.63 bits per heavy atom. The standard InChI is InChI=1S/C13H15N3O3/c1-15-5-4-13(14)10(8-15)6-9-7-11(16(17)18)2-3-12(9)19-13/h2-3,7,10H,4-5,8,14H2,1H3. The Bertz CT molecular complexity index is 534. The fraction of sp³-hybridized carbons (Fsp3) is 0.462. The highest BCUT2D eigenvalue weighted by molar-refractivity contribution is 5.50. The molecule has 19 heavy (non-hydrogen) atoms. The number of nitro groups is 1. The van der Waals surface area contributed by atoms with Crippen molar-refractivity contribution >= 4 is 5.69 Å². The summed E-state index contributed by atoms with van der Waals surface area (Å²) in [6, 6.07) is 4.52. The summed E-state index contributed by atoms with van der Waals surface area (Å²) in [5, 5.41) is 10.8. The lowest BCUT2D eigenvalue weighted by atomic mass is 9.81. The monoisotopic (exact) mass is 261 g/mol. The van der Waals surface area contributed by atoms with E-state index >= 15 is 0 Å². The van der Waals surface area contributed by atoms with Gasteiger partial charge >= 0.3 is 0 Å². The normalized spacial score (nSPS) is 30.1. The van der Waals surface area contributed by atoms with Crippen LogP contribution in [0.1, 0.15) is 12.0 Å². The van der Waals surface area contributed by atoms with Gasteiger partial charge in [0.2, 0.25) is 0 Å². The second kappa shape index (κ2) is 4.18. The quantitative estimate of drug-likeness (QED) is 0.603. The Labute approximate surface area is 111 Å². The molecule has 2 radical (unpaired) electrons. The van der Waals surface area contributed by atoms with Gasteiger partial charge in [-0.2, -0.15) is 0 Å². The topological polar surface area (TPSA) is 81.6 Å². The molecule has 0 spiro atoms. The molecule has 0 saturated carbocycles. The third-order valence-corrected chi connectivity index (χ3v) is 3.77. The minimum atomic E-state index is -0.740. The van der Waals surface area contributed by atoms with Crippen LogP contribution < -0.4 is 10.5 Å². The van der Waals surface area contributed by atoms with Crippen LogP contribution in [0.5, 0.6) is 5.75 Å². The largest absolute Gasteiger partial charge is 0.472 e. The van der Waals surface area contributed by atoms with E-state index < -0.39 is 10.6 Å². The molecule has 1 saturated heterocycles. The van der Waals surface area contributed by atoms with Gasteiger partial charge in [-0.05, 0) is 13.1 Å². The summed E-state index contributed by atoms with van der Waals surface area (Å²) in [6.07, 6.45) is 3.99. The minimum Gasteiger partial charge on any atom is -0.472 e. The molecule has 0 aromatic heterocycles. The Morgan fingerprint density at radius 3 is 3.16 bits per heavy atom. The second-order valence-corrected chi connectivity index (χ2v) is 5.20. The lowest BCUT2D eigenvalue weighted by Gasteiger charge is -2.47. The van der Waals surface area contributed by atoms with Gasteiger partial charge in [0.05, 0.1) is 4.92 Å². The van der Waals surface area contributed by atoms with Crippen molar-refractivity contribution < 1.29 is 9.66 Å². The van der Waals surface area contributed by atoms with Crippen LogP contribution in [-0.4, -0.2) is 35.7 Å². The smallest absolute Gasteiger partial charge is 0.269 e. The van der Waals surface area contributed by atoms with Gasteiger partial charge in [0.15, 0.2) is 5.72 Å². The molecule has 2 aliphatic rings. The maximum atomic E-state index is 10.8. The van der Waals surface area contributed by atoms with Crippen LogP contribution in [-0.2, 0) is 0 Å². The van der Waals surface area contributed by atoms with Crippen molar-refractivity contribution in [3.63, 3.8) is 0 Å². The Balaban J connectivity index is 1.95. The number of hydrogen-bond donors (Lipinski definition) is 1. The lowest BCUT2D eigenvalue weighted by Crippen LogP contribution is -2.61. The maximum absolute atomic E-state index is 10.8. The van der Waals surface area contributed by atoms with E-state index in [4.69, 9.17) is 10.5 Å². The first-order valence-electron chi connectivity index (χ1n) is 6.19. The number of nitrogens with two attached hydrogens (primary N) is 1. The molecule has 1 aromatic rings. The molecular formula is C13H15N3O3. The van der Waals surface area contributed by atoms with Crippen molar-refractivity contribution in [2.45, 2.75) is 12.1 Å². The molecule has 6 heteroatoms. The molecular weight excluding hydrogens is 246 g/mol. The molecule has 3 rings (SSSR count). The molecule has 100 valence electrons. The molecule has 0 aliphatic carbocycles. The molecule has 0 amide bonds.